The Morgan fingerprint density at radius 3 is 2.62 bits per heavy atom. The molecule has 0 fully saturated rings. The molecule has 1 aliphatic rings. The molecule has 2 aromatic rings. The van der Waals surface area contributed by atoms with Gasteiger partial charge in [0.1, 0.15) is 18.8 Å². The summed E-state index contributed by atoms with van der Waals surface area (Å²) < 4.78 is 5.06. The number of aliphatic hydroxyl groups excluding tert-OH is 2. The van der Waals surface area contributed by atoms with Gasteiger partial charge in [-0.05, 0) is 23.1 Å². The lowest BCUT2D eigenvalue weighted by Crippen LogP contribution is -2.36. The fraction of sp³-hybridized carbons (Fsp3) is 0.300. The van der Waals surface area contributed by atoms with E-state index in [0.717, 1.165) is 11.1 Å². The van der Waals surface area contributed by atoms with E-state index in [1.807, 2.05) is 30.3 Å². The van der Waals surface area contributed by atoms with E-state index in [1.54, 1.807) is 18.2 Å². The molecule has 1 aliphatic carbocycles. The minimum atomic E-state index is -1.21. The van der Waals surface area contributed by atoms with Crippen LogP contribution in [0.2, 0.25) is 0 Å². The zero-order chi connectivity index (χ0) is 18.5. The largest absolute Gasteiger partial charge is 0.445 e. The summed E-state index contributed by atoms with van der Waals surface area (Å²) >= 11 is 0. The van der Waals surface area contributed by atoms with E-state index in [-0.39, 0.29) is 18.9 Å². The number of alkyl carbamates (subject to hydrolysis) is 1. The van der Waals surface area contributed by atoms with Crippen molar-refractivity contribution in [2.75, 3.05) is 6.54 Å². The summed E-state index contributed by atoms with van der Waals surface area (Å²) in [6, 6.07) is 14.3. The highest BCUT2D eigenvalue weighted by molar-refractivity contribution is 6.00. The van der Waals surface area contributed by atoms with Crippen LogP contribution in [0.3, 0.4) is 0 Å². The smallest absolute Gasteiger partial charge is 0.407 e. The standard InChI is InChI=1S/C20H21NO5/c22-17-10-9-14-15(17)7-4-8-16(14)19(24)18(23)11-21-20(25)26-12-13-5-2-1-3-6-13/h1-8,18-19,23-24H,9-12H2,(H,21,25). The molecule has 2 atom stereocenters. The predicted molar refractivity (Wildman–Crippen MR) is 94.7 cm³/mol. The summed E-state index contributed by atoms with van der Waals surface area (Å²) in [4.78, 5) is 23.5. The Morgan fingerprint density at radius 1 is 1.08 bits per heavy atom. The number of aliphatic hydroxyl groups is 2. The van der Waals surface area contributed by atoms with Gasteiger partial charge in [-0.2, -0.15) is 0 Å². The van der Waals surface area contributed by atoms with Gasteiger partial charge in [0.25, 0.3) is 0 Å². The van der Waals surface area contributed by atoms with Crippen LogP contribution < -0.4 is 5.32 Å². The molecule has 3 N–H and O–H groups in total. The number of ether oxygens (including phenoxy) is 1. The van der Waals surface area contributed by atoms with E-state index in [0.29, 0.717) is 24.0 Å². The third-order valence-electron chi connectivity index (χ3n) is 4.47. The Balaban J connectivity index is 1.53. The first-order valence-electron chi connectivity index (χ1n) is 8.52. The van der Waals surface area contributed by atoms with Crippen LogP contribution in [0.15, 0.2) is 48.5 Å². The van der Waals surface area contributed by atoms with E-state index in [4.69, 9.17) is 4.74 Å². The van der Waals surface area contributed by atoms with E-state index in [9.17, 15) is 19.8 Å². The van der Waals surface area contributed by atoms with E-state index in [2.05, 4.69) is 5.32 Å². The summed E-state index contributed by atoms with van der Waals surface area (Å²) in [6.07, 6.45) is -2.10. The topological polar surface area (TPSA) is 95.9 Å². The highest BCUT2D eigenvalue weighted by atomic mass is 16.5. The van der Waals surface area contributed by atoms with Crippen molar-refractivity contribution in [1.82, 2.24) is 5.32 Å². The van der Waals surface area contributed by atoms with Crippen LogP contribution in [-0.2, 0) is 17.8 Å². The van der Waals surface area contributed by atoms with Crippen molar-refractivity contribution in [2.45, 2.75) is 31.7 Å². The van der Waals surface area contributed by atoms with Crippen LogP contribution in [0.4, 0.5) is 4.79 Å². The van der Waals surface area contributed by atoms with Crippen molar-refractivity contribution in [2.24, 2.45) is 0 Å². The SMILES string of the molecule is O=C(NCC(O)C(O)c1cccc2c1CCC2=O)OCc1ccccc1. The van der Waals surface area contributed by atoms with Crippen molar-refractivity contribution >= 4 is 11.9 Å². The maximum atomic E-state index is 11.8. The minimum Gasteiger partial charge on any atom is -0.445 e. The predicted octanol–water partition coefficient (Wildman–Crippen LogP) is 2.14. The van der Waals surface area contributed by atoms with Crippen LogP contribution in [0.1, 0.15) is 39.6 Å². The molecule has 2 aromatic carbocycles. The summed E-state index contributed by atoms with van der Waals surface area (Å²) in [5, 5.41) is 23.0. The second kappa shape index (κ2) is 8.12. The summed E-state index contributed by atoms with van der Waals surface area (Å²) in [6.45, 7) is -0.0357. The first kappa shape index (κ1) is 18.1. The zero-order valence-electron chi connectivity index (χ0n) is 14.2. The monoisotopic (exact) mass is 355 g/mol. The number of rotatable bonds is 6. The third-order valence-corrected chi connectivity index (χ3v) is 4.47. The Bertz CT molecular complexity index is 790. The molecule has 6 nitrogen and oxygen atoms in total. The molecule has 2 unspecified atom stereocenters. The van der Waals surface area contributed by atoms with Gasteiger partial charge >= 0.3 is 6.09 Å². The number of hydrogen-bond acceptors (Lipinski definition) is 5. The van der Waals surface area contributed by atoms with E-state index in [1.165, 1.54) is 0 Å². The van der Waals surface area contributed by atoms with Crippen molar-refractivity contribution in [3.05, 3.63) is 70.8 Å². The number of hydrogen-bond donors (Lipinski definition) is 3. The van der Waals surface area contributed by atoms with E-state index >= 15 is 0 Å². The highest BCUT2D eigenvalue weighted by Crippen LogP contribution is 2.30. The molecule has 0 heterocycles. The highest BCUT2D eigenvalue weighted by Gasteiger charge is 2.27. The van der Waals surface area contributed by atoms with Crippen molar-refractivity contribution in [3.63, 3.8) is 0 Å². The van der Waals surface area contributed by atoms with Crippen LogP contribution in [0, 0.1) is 0 Å². The lowest BCUT2D eigenvalue weighted by Gasteiger charge is -2.21. The molecule has 0 bridgehead atoms. The van der Waals surface area contributed by atoms with Crippen molar-refractivity contribution in [3.8, 4) is 0 Å². The zero-order valence-corrected chi connectivity index (χ0v) is 14.2. The van der Waals surface area contributed by atoms with Crippen LogP contribution in [0.25, 0.3) is 0 Å². The Morgan fingerprint density at radius 2 is 1.85 bits per heavy atom. The molecule has 0 aliphatic heterocycles. The molecule has 0 aromatic heterocycles. The molecular formula is C20H21NO5. The Kier molecular flexibility index (Phi) is 5.65. The molecule has 0 saturated carbocycles. The van der Waals surface area contributed by atoms with Crippen molar-refractivity contribution in [1.29, 1.82) is 0 Å². The number of benzene rings is 2. The molecule has 0 radical (unpaired) electrons. The average molecular weight is 355 g/mol. The number of nitrogens with one attached hydrogen (secondary N) is 1. The molecule has 3 rings (SSSR count). The molecule has 0 spiro atoms. The summed E-state index contributed by atoms with van der Waals surface area (Å²) in [7, 11) is 0. The van der Waals surface area contributed by atoms with Gasteiger partial charge in [0.15, 0.2) is 5.78 Å². The maximum Gasteiger partial charge on any atom is 0.407 e. The second-order valence-electron chi connectivity index (χ2n) is 6.25. The van der Waals surface area contributed by atoms with Gasteiger partial charge in [-0.25, -0.2) is 4.79 Å². The molecule has 26 heavy (non-hydrogen) atoms. The Labute approximate surface area is 151 Å². The molecule has 136 valence electrons. The van der Waals surface area contributed by atoms with Gasteiger partial charge in [-0.1, -0.05) is 48.5 Å². The normalized spacial score (nSPS) is 15.2. The maximum absolute atomic E-state index is 11.8. The van der Waals surface area contributed by atoms with Gasteiger partial charge in [-0.3, -0.25) is 4.79 Å². The molecule has 1 amide bonds. The van der Waals surface area contributed by atoms with Gasteiger partial charge in [-0.15, -0.1) is 0 Å². The van der Waals surface area contributed by atoms with Gasteiger partial charge in [0.05, 0.1) is 0 Å². The minimum absolute atomic E-state index is 0.0474. The summed E-state index contributed by atoms with van der Waals surface area (Å²) in [5.41, 5.74) is 2.76. The first-order valence-corrected chi connectivity index (χ1v) is 8.52. The fourth-order valence-electron chi connectivity index (χ4n) is 3.08. The van der Waals surface area contributed by atoms with E-state index < -0.39 is 18.3 Å². The van der Waals surface area contributed by atoms with Gasteiger partial charge in [0.2, 0.25) is 0 Å². The van der Waals surface area contributed by atoms with Gasteiger partial charge in [0, 0.05) is 18.5 Å². The van der Waals surface area contributed by atoms with Crippen molar-refractivity contribution < 1.29 is 24.5 Å². The van der Waals surface area contributed by atoms with Crippen LogP contribution in [0.5, 0.6) is 0 Å². The number of Topliss-reactive ketones (excluding diaryl/α,β-unsaturated/α-hetero) is 1. The molecule has 6 heteroatoms. The number of ketones is 1. The third kappa shape index (κ3) is 4.09. The first-order chi connectivity index (χ1) is 12.6. The summed E-state index contributed by atoms with van der Waals surface area (Å²) in [5.74, 6) is 0.0474. The second-order valence-corrected chi connectivity index (χ2v) is 6.25. The number of carbonyl (C=O) groups excluding carboxylic acids is 2. The average Bonchev–Trinajstić information content (AvgIpc) is 3.06. The Hall–Kier alpha value is -2.70. The quantitative estimate of drug-likeness (QED) is 0.738. The van der Waals surface area contributed by atoms with Crippen LogP contribution >= 0.6 is 0 Å². The fourth-order valence-corrected chi connectivity index (χ4v) is 3.08. The van der Waals surface area contributed by atoms with Crippen LogP contribution in [-0.4, -0.2) is 34.7 Å². The molecular weight excluding hydrogens is 334 g/mol. The number of carbonyl (C=O) groups is 2. The lowest BCUT2D eigenvalue weighted by atomic mass is 9.96. The number of fused-ring (bicyclic) bond motifs is 1. The molecule has 0 saturated heterocycles. The lowest BCUT2D eigenvalue weighted by molar-refractivity contribution is 0.0179. The van der Waals surface area contributed by atoms with Gasteiger partial charge < -0.3 is 20.3 Å². The number of amides is 1.